The van der Waals surface area contributed by atoms with Gasteiger partial charge in [0.1, 0.15) is 0 Å². The molecule has 0 amide bonds. The van der Waals surface area contributed by atoms with Gasteiger partial charge in [0.15, 0.2) is 5.96 Å². The first-order valence-electron chi connectivity index (χ1n) is 8.47. The first-order valence-corrected chi connectivity index (χ1v) is 10.7. The zero-order valence-corrected chi connectivity index (χ0v) is 19.8. The summed E-state index contributed by atoms with van der Waals surface area (Å²) in [6, 6.07) is 7.74. The Morgan fingerprint density at radius 1 is 1.23 bits per heavy atom. The van der Waals surface area contributed by atoms with Crippen LogP contribution in [0.2, 0.25) is 5.02 Å². The second kappa shape index (κ2) is 12.7. The summed E-state index contributed by atoms with van der Waals surface area (Å²) in [6.45, 7) is 6.89. The standard InChI is InChI=1S/C17H29ClN4O2S.HI/c1-5-19-17(20-12-7-13-22(6-2)25(4,23)24)21(3)14-15-8-10-16(18)11-9-15;/h8-11H,5-7,12-14H2,1-4H3,(H,19,20);1H. The van der Waals surface area contributed by atoms with Crippen LogP contribution in [0, 0.1) is 0 Å². The maximum atomic E-state index is 11.6. The number of sulfonamides is 1. The molecule has 0 aliphatic carbocycles. The third kappa shape index (κ3) is 9.38. The first kappa shape index (κ1) is 25.4. The van der Waals surface area contributed by atoms with Gasteiger partial charge in [-0.25, -0.2) is 12.7 Å². The van der Waals surface area contributed by atoms with Gasteiger partial charge in [0, 0.05) is 44.8 Å². The van der Waals surface area contributed by atoms with Gasteiger partial charge in [0.25, 0.3) is 0 Å². The third-order valence-corrected chi connectivity index (χ3v) is 5.31. The molecule has 1 aromatic rings. The van der Waals surface area contributed by atoms with E-state index < -0.39 is 10.0 Å². The van der Waals surface area contributed by atoms with Crippen molar-refractivity contribution < 1.29 is 8.42 Å². The molecule has 0 bridgehead atoms. The molecule has 6 nitrogen and oxygen atoms in total. The van der Waals surface area contributed by atoms with Gasteiger partial charge in [0.05, 0.1) is 6.26 Å². The van der Waals surface area contributed by atoms with E-state index in [0.29, 0.717) is 32.6 Å². The van der Waals surface area contributed by atoms with Crippen molar-refractivity contribution in [2.24, 2.45) is 4.99 Å². The minimum absolute atomic E-state index is 0. The summed E-state index contributed by atoms with van der Waals surface area (Å²) in [5.74, 6) is 0.805. The highest BCUT2D eigenvalue weighted by molar-refractivity contribution is 14.0. The number of aliphatic imine (C=N–C) groups is 1. The molecule has 0 saturated carbocycles. The average molecular weight is 517 g/mol. The molecular formula is C17H30ClIN4O2S. The van der Waals surface area contributed by atoms with E-state index in [1.807, 2.05) is 50.1 Å². The molecule has 0 heterocycles. The molecule has 0 aromatic heterocycles. The lowest BCUT2D eigenvalue weighted by Gasteiger charge is -2.22. The van der Waals surface area contributed by atoms with Crippen LogP contribution in [0.25, 0.3) is 0 Å². The Kier molecular flexibility index (Phi) is 12.5. The van der Waals surface area contributed by atoms with E-state index >= 15 is 0 Å². The van der Waals surface area contributed by atoms with Crippen molar-refractivity contribution in [2.45, 2.75) is 26.8 Å². The monoisotopic (exact) mass is 516 g/mol. The summed E-state index contributed by atoms with van der Waals surface area (Å²) in [5.41, 5.74) is 1.15. The van der Waals surface area contributed by atoms with Crippen LogP contribution in [0.4, 0.5) is 0 Å². The molecule has 1 N–H and O–H groups in total. The summed E-state index contributed by atoms with van der Waals surface area (Å²) in [5, 5.41) is 3.99. The Labute approximate surface area is 180 Å². The van der Waals surface area contributed by atoms with Crippen LogP contribution in [-0.4, -0.2) is 63.1 Å². The average Bonchev–Trinajstić information content (AvgIpc) is 2.54. The fourth-order valence-electron chi connectivity index (χ4n) is 2.40. The van der Waals surface area contributed by atoms with Gasteiger partial charge < -0.3 is 10.2 Å². The summed E-state index contributed by atoms with van der Waals surface area (Å²) in [7, 11) is -1.16. The van der Waals surface area contributed by atoms with Crippen molar-refractivity contribution in [3.05, 3.63) is 34.9 Å². The van der Waals surface area contributed by atoms with Crippen LogP contribution in [0.3, 0.4) is 0 Å². The Bertz CT molecular complexity index is 653. The van der Waals surface area contributed by atoms with Gasteiger partial charge in [-0.1, -0.05) is 30.7 Å². The summed E-state index contributed by atoms with van der Waals surface area (Å²) >= 11 is 5.92. The van der Waals surface area contributed by atoms with E-state index in [1.54, 1.807) is 0 Å². The molecule has 0 aliphatic heterocycles. The van der Waals surface area contributed by atoms with Crippen molar-refractivity contribution in [1.29, 1.82) is 0 Å². The Morgan fingerprint density at radius 3 is 2.35 bits per heavy atom. The van der Waals surface area contributed by atoms with E-state index in [2.05, 4.69) is 10.3 Å². The topological polar surface area (TPSA) is 65.0 Å². The van der Waals surface area contributed by atoms with Crippen LogP contribution in [0.1, 0.15) is 25.8 Å². The molecule has 0 aliphatic rings. The molecule has 1 rings (SSSR count). The summed E-state index contributed by atoms with van der Waals surface area (Å²) in [4.78, 5) is 6.64. The highest BCUT2D eigenvalue weighted by Gasteiger charge is 2.13. The lowest BCUT2D eigenvalue weighted by atomic mass is 10.2. The molecule has 1 aromatic carbocycles. The van der Waals surface area contributed by atoms with E-state index in [1.165, 1.54) is 10.6 Å². The van der Waals surface area contributed by atoms with Gasteiger partial charge in [-0.2, -0.15) is 0 Å². The Morgan fingerprint density at radius 2 is 1.85 bits per heavy atom. The number of halogens is 2. The number of nitrogens with one attached hydrogen (secondary N) is 1. The number of hydrogen-bond donors (Lipinski definition) is 1. The first-order chi connectivity index (χ1) is 11.8. The molecule has 0 unspecified atom stereocenters. The van der Waals surface area contributed by atoms with Gasteiger partial charge in [-0.3, -0.25) is 4.99 Å². The number of guanidine groups is 1. The number of rotatable bonds is 9. The van der Waals surface area contributed by atoms with Gasteiger partial charge in [0.2, 0.25) is 10.0 Å². The molecule has 150 valence electrons. The lowest BCUT2D eigenvalue weighted by Crippen LogP contribution is -2.38. The van der Waals surface area contributed by atoms with E-state index in [4.69, 9.17) is 11.6 Å². The van der Waals surface area contributed by atoms with Crippen molar-refractivity contribution >= 4 is 51.6 Å². The minimum atomic E-state index is -3.14. The largest absolute Gasteiger partial charge is 0.357 e. The fourth-order valence-corrected chi connectivity index (χ4v) is 3.45. The second-order valence-corrected chi connectivity index (χ2v) is 8.25. The van der Waals surface area contributed by atoms with Crippen molar-refractivity contribution in [3.8, 4) is 0 Å². The second-order valence-electron chi connectivity index (χ2n) is 5.83. The SMILES string of the molecule is CCNC(=NCCCN(CC)S(C)(=O)=O)N(C)Cc1ccc(Cl)cc1.I. The quantitative estimate of drug-likeness (QED) is 0.237. The highest BCUT2D eigenvalue weighted by Crippen LogP contribution is 2.11. The van der Waals surface area contributed by atoms with E-state index in [-0.39, 0.29) is 24.0 Å². The predicted octanol–water partition coefficient (Wildman–Crippen LogP) is 3.03. The van der Waals surface area contributed by atoms with Gasteiger partial charge >= 0.3 is 0 Å². The lowest BCUT2D eigenvalue weighted by molar-refractivity contribution is 0.425. The molecule has 0 saturated heterocycles. The smallest absolute Gasteiger partial charge is 0.211 e. The number of nitrogens with zero attached hydrogens (tertiary/aromatic N) is 3. The summed E-state index contributed by atoms with van der Waals surface area (Å²) < 4.78 is 24.6. The van der Waals surface area contributed by atoms with Crippen LogP contribution in [-0.2, 0) is 16.6 Å². The molecular weight excluding hydrogens is 487 g/mol. The molecule has 0 radical (unpaired) electrons. The predicted molar refractivity (Wildman–Crippen MR) is 121 cm³/mol. The van der Waals surface area contributed by atoms with Crippen molar-refractivity contribution in [1.82, 2.24) is 14.5 Å². The zero-order valence-electron chi connectivity index (χ0n) is 15.9. The Balaban J connectivity index is 0.00000625. The fraction of sp³-hybridized carbons (Fsp3) is 0.588. The van der Waals surface area contributed by atoms with Crippen molar-refractivity contribution in [3.63, 3.8) is 0 Å². The number of benzene rings is 1. The normalized spacial score (nSPS) is 12.0. The van der Waals surface area contributed by atoms with Crippen LogP contribution in [0.15, 0.2) is 29.3 Å². The minimum Gasteiger partial charge on any atom is -0.357 e. The van der Waals surface area contributed by atoms with Crippen LogP contribution in [0.5, 0.6) is 0 Å². The van der Waals surface area contributed by atoms with Crippen LogP contribution >= 0.6 is 35.6 Å². The molecule has 0 spiro atoms. The maximum absolute atomic E-state index is 11.6. The molecule has 9 heteroatoms. The molecule has 0 fully saturated rings. The highest BCUT2D eigenvalue weighted by atomic mass is 127. The third-order valence-electron chi connectivity index (χ3n) is 3.68. The molecule has 26 heavy (non-hydrogen) atoms. The summed E-state index contributed by atoms with van der Waals surface area (Å²) in [6.07, 6.45) is 1.92. The van der Waals surface area contributed by atoms with Gasteiger partial charge in [-0.05, 0) is 31.0 Å². The maximum Gasteiger partial charge on any atom is 0.211 e. The number of hydrogen-bond acceptors (Lipinski definition) is 3. The van der Waals surface area contributed by atoms with Crippen molar-refractivity contribution in [2.75, 3.05) is 39.5 Å². The van der Waals surface area contributed by atoms with Crippen LogP contribution < -0.4 is 5.32 Å². The molecule has 0 atom stereocenters. The van der Waals surface area contributed by atoms with Gasteiger partial charge in [-0.15, -0.1) is 24.0 Å². The van der Waals surface area contributed by atoms with E-state index in [9.17, 15) is 8.42 Å². The van der Waals surface area contributed by atoms with E-state index in [0.717, 1.165) is 23.1 Å². The zero-order chi connectivity index (χ0) is 18.9. The Hall–Kier alpha value is -0.580.